The lowest BCUT2D eigenvalue weighted by Gasteiger charge is -2.05. The summed E-state index contributed by atoms with van der Waals surface area (Å²) in [5.74, 6) is 1.15. The normalized spacial score (nSPS) is 10.1. The third kappa shape index (κ3) is 4.71. The first-order valence-electron chi connectivity index (χ1n) is 5.64. The van der Waals surface area contributed by atoms with Gasteiger partial charge in [0.25, 0.3) is 0 Å². The minimum absolute atomic E-state index is 0.110. The number of aryl methyl sites for hydroxylation is 1. The number of nitrogens with one attached hydrogen (secondary N) is 1. The molecule has 0 aliphatic rings. The molecule has 1 rings (SSSR count). The summed E-state index contributed by atoms with van der Waals surface area (Å²) in [6.45, 7) is 2.12. The molecule has 0 aromatic heterocycles. The average molecular weight is 237 g/mol. The summed E-state index contributed by atoms with van der Waals surface area (Å²) >= 11 is 1.77. The Kier molecular flexibility index (Phi) is 6.01. The maximum absolute atomic E-state index is 11.5. The van der Waals surface area contributed by atoms with Crippen LogP contribution in [0.1, 0.15) is 25.3 Å². The zero-order valence-electron chi connectivity index (χ0n) is 9.95. The van der Waals surface area contributed by atoms with Gasteiger partial charge < -0.3 is 5.32 Å². The van der Waals surface area contributed by atoms with Crippen molar-refractivity contribution in [3.63, 3.8) is 0 Å². The van der Waals surface area contributed by atoms with E-state index in [4.69, 9.17) is 0 Å². The fourth-order valence-electron chi connectivity index (χ4n) is 1.42. The summed E-state index contributed by atoms with van der Waals surface area (Å²) < 4.78 is 0. The third-order valence-electron chi connectivity index (χ3n) is 2.40. The van der Waals surface area contributed by atoms with E-state index in [1.165, 1.54) is 5.56 Å². The minimum Gasteiger partial charge on any atom is -0.326 e. The van der Waals surface area contributed by atoms with Gasteiger partial charge in [-0.3, -0.25) is 4.79 Å². The Balaban J connectivity index is 2.37. The van der Waals surface area contributed by atoms with E-state index in [-0.39, 0.29) is 5.91 Å². The molecule has 0 aliphatic carbocycles. The molecule has 0 spiro atoms. The first kappa shape index (κ1) is 13.1. The Morgan fingerprint density at radius 2 is 2.00 bits per heavy atom. The molecule has 88 valence electrons. The highest BCUT2D eigenvalue weighted by molar-refractivity contribution is 7.98. The first-order valence-corrected chi connectivity index (χ1v) is 7.03. The summed E-state index contributed by atoms with van der Waals surface area (Å²) in [6.07, 6.45) is 4.64. The van der Waals surface area contributed by atoms with Gasteiger partial charge in [0.15, 0.2) is 0 Å². The molecule has 0 fully saturated rings. The Labute approximate surface area is 102 Å². The lowest BCUT2D eigenvalue weighted by molar-refractivity contribution is -0.116. The molecule has 0 bridgehead atoms. The van der Waals surface area contributed by atoms with E-state index < -0.39 is 0 Å². The maximum Gasteiger partial charge on any atom is 0.224 e. The van der Waals surface area contributed by atoms with Crippen molar-refractivity contribution in [1.82, 2.24) is 0 Å². The van der Waals surface area contributed by atoms with Crippen molar-refractivity contribution in [2.24, 2.45) is 0 Å². The molecule has 1 amide bonds. The number of benzene rings is 1. The van der Waals surface area contributed by atoms with Crippen molar-refractivity contribution in [1.29, 1.82) is 0 Å². The summed E-state index contributed by atoms with van der Waals surface area (Å²) in [5, 5.41) is 2.90. The van der Waals surface area contributed by atoms with Gasteiger partial charge in [-0.2, -0.15) is 11.8 Å². The van der Waals surface area contributed by atoms with Crippen molar-refractivity contribution < 1.29 is 4.79 Å². The number of hydrogen-bond acceptors (Lipinski definition) is 2. The fourth-order valence-corrected chi connectivity index (χ4v) is 1.86. The maximum atomic E-state index is 11.5. The SMILES string of the molecule is CCc1ccc(NC(=O)CCCSC)cc1. The van der Waals surface area contributed by atoms with Crippen LogP contribution in [0.3, 0.4) is 0 Å². The monoisotopic (exact) mass is 237 g/mol. The lowest BCUT2D eigenvalue weighted by Crippen LogP contribution is -2.11. The summed E-state index contributed by atoms with van der Waals surface area (Å²) in [4.78, 5) is 11.5. The zero-order valence-corrected chi connectivity index (χ0v) is 10.8. The van der Waals surface area contributed by atoms with E-state index in [0.29, 0.717) is 6.42 Å². The highest BCUT2D eigenvalue weighted by atomic mass is 32.2. The second-order valence-electron chi connectivity index (χ2n) is 3.70. The number of carbonyl (C=O) groups is 1. The standard InChI is InChI=1S/C13H19NOS/c1-3-11-6-8-12(9-7-11)14-13(15)5-4-10-16-2/h6-9H,3-5,10H2,1-2H3,(H,14,15). The van der Waals surface area contributed by atoms with Gasteiger partial charge in [-0.15, -0.1) is 0 Å². The van der Waals surface area contributed by atoms with Gasteiger partial charge in [0.1, 0.15) is 0 Å². The second kappa shape index (κ2) is 7.34. The van der Waals surface area contributed by atoms with Crippen molar-refractivity contribution in [3.8, 4) is 0 Å². The van der Waals surface area contributed by atoms with Gasteiger partial charge in [-0.25, -0.2) is 0 Å². The average Bonchev–Trinajstić information content (AvgIpc) is 2.30. The van der Waals surface area contributed by atoms with E-state index in [1.54, 1.807) is 11.8 Å². The molecule has 0 atom stereocenters. The molecular formula is C13H19NOS. The van der Waals surface area contributed by atoms with Gasteiger partial charge >= 0.3 is 0 Å². The number of hydrogen-bond donors (Lipinski definition) is 1. The summed E-state index contributed by atoms with van der Waals surface area (Å²) in [6, 6.07) is 8.03. The molecule has 0 radical (unpaired) electrons. The molecule has 3 heteroatoms. The van der Waals surface area contributed by atoms with Gasteiger partial charge in [0, 0.05) is 12.1 Å². The van der Waals surface area contributed by atoms with Crippen LogP contribution in [0.25, 0.3) is 0 Å². The number of amides is 1. The van der Waals surface area contributed by atoms with Crippen LogP contribution < -0.4 is 5.32 Å². The molecule has 0 aliphatic heterocycles. The summed E-state index contributed by atoms with van der Waals surface area (Å²) in [5.41, 5.74) is 2.19. The van der Waals surface area contributed by atoms with Crippen LogP contribution in [0.2, 0.25) is 0 Å². The predicted molar refractivity (Wildman–Crippen MR) is 72.1 cm³/mol. The molecule has 0 unspecified atom stereocenters. The van der Waals surface area contributed by atoms with Gasteiger partial charge in [0.05, 0.1) is 0 Å². The molecule has 0 saturated heterocycles. The van der Waals surface area contributed by atoms with Crippen LogP contribution in [0.4, 0.5) is 5.69 Å². The van der Waals surface area contributed by atoms with Gasteiger partial charge in [0.2, 0.25) is 5.91 Å². The smallest absolute Gasteiger partial charge is 0.224 e. The number of carbonyl (C=O) groups excluding carboxylic acids is 1. The van der Waals surface area contributed by atoms with E-state index in [2.05, 4.69) is 30.6 Å². The molecule has 0 heterocycles. The van der Waals surface area contributed by atoms with Crippen molar-refractivity contribution >= 4 is 23.4 Å². The zero-order chi connectivity index (χ0) is 11.8. The van der Waals surface area contributed by atoms with Crippen LogP contribution in [0.5, 0.6) is 0 Å². The largest absolute Gasteiger partial charge is 0.326 e. The van der Waals surface area contributed by atoms with Crippen LogP contribution in [-0.4, -0.2) is 17.9 Å². The predicted octanol–water partition coefficient (Wildman–Crippen LogP) is 3.33. The van der Waals surface area contributed by atoms with Crippen LogP contribution in [-0.2, 0) is 11.2 Å². The van der Waals surface area contributed by atoms with E-state index in [1.807, 2.05) is 12.1 Å². The van der Waals surface area contributed by atoms with Crippen LogP contribution in [0, 0.1) is 0 Å². The molecule has 16 heavy (non-hydrogen) atoms. The van der Waals surface area contributed by atoms with E-state index >= 15 is 0 Å². The van der Waals surface area contributed by atoms with Crippen LogP contribution >= 0.6 is 11.8 Å². The highest BCUT2D eigenvalue weighted by Gasteiger charge is 2.01. The fraction of sp³-hybridized carbons (Fsp3) is 0.462. The number of anilines is 1. The Morgan fingerprint density at radius 1 is 1.31 bits per heavy atom. The van der Waals surface area contributed by atoms with Gasteiger partial charge in [-0.1, -0.05) is 19.1 Å². The highest BCUT2D eigenvalue weighted by Crippen LogP contribution is 2.10. The first-order chi connectivity index (χ1) is 7.76. The summed E-state index contributed by atoms with van der Waals surface area (Å²) in [7, 11) is 0. The lowest BCUT2D eigenvalue weighted by atomic mass is 10.1. The minimum atomic E-state index is 0.110. The van der Waals surface area contributed by atoms with E-state index in [9.17, 15) is 4.79 Å². The Bertz CT molecular complexity index is 321. The molecular weight excluding hydrogens is 218 g/mol. The van der Waals surface area contributed by atoms with Crippen molar-refractivity contribution in [2.45, 2.75) is 26.2 Å². The number of thioether (sulfide) groups is 1. The quantitative estimate of drug-likeness (QED) is 0.769. The molecule has 1 aromatic rings. The number of rotatable bonds is 6. The molecule has 1 N–H and O–H groups in total. The Hall–Kier alpha value is -0.960. The Morgan fingerprint density at radius 3 is 2.56 bits per heavy atom. The molecule has 0 saturated carbocycles. The molecule has 1 aromatic carbocycles. The van der Waals surface area contributed by atoms with Crippen LogP contribution in [0.15, 0.2) is 24.3 Å². The molecule has 2 nitrogen and oxygen atoms in total. The topological polar surface area (TPSA) is 29.1 Å². The van der Waals surface area contributed by atoms with Crippen molar-refractivity contribution in [3.05, 3.63) is 29.8 Å². The van der Waals surface area contributed by atoms with Gasteiger partial charge in [-0.05, 0) is 42.5 Å². The van der Waals surface area contributed by atoms with E-state index in [0.717, 1.165) is 24.3 Å². The third-order valence-corrected chi connectivity index (χ3v) is 3.10. The van der Waals surface area contributed by atoms with Crippen molar-refractivity contribution in [2.75, 3.05) is 17.3 Å². The second-order valence-corrected chi connectivity index (χ2v) is 4.68.